The van der Waals surface area contributed by atoms with Crippen molar-refractivity contribution in [3.8, 4) is 0 Å². The van der Waals surface area contributed by atoms with E-state index in [1.165, 1.54) is 39.9 Å². The first kappa shape index (κ1) is 23.8. The third-order valence-corrected chi connectivity index (χ3v) is 9.12. The zero-order valence-electron chi connectivity index (χ0n) is 17.4. The van der Waals surface area contributed by atoms with Crippen LogP contribution in [0.5, 0.6) is 0 Å². The Morgan fingerprint density at radius 2 is 1.68 bits per heavy atom. The number of sulfonamides is 2. The second-order valence-electron chi connectivity index (χ2n) is 7.39. The number of aryl methyl sites for hydroxylation is 2. The summed E-state index contributed by atoms with van der Waals surface area (Å²) in [5.41, 5.74) is 0.481. The number of benzene rings is 1. The SMILES string of the molecule is Cc1cc(S(=O)(=O)N2CCN(CCC(=O)Nc3ccc(S(N)(=O)=O)cc3)CC2)c(C)s1. The molecule has 0 unspecified atom stereocenters. The van der Waals surface area contributed by atoms with E-state index in [0.29, 0.717) is 43.3 Å². The van der Waals surface area contributed by atoms with Crippen LogP contribution in [-0.4, -0.2) is 64.7 Å². The third kappa shape index (κ3) is 5.90. The van der Waals surface area contributed by atoms with Gasteiger partial charge in [-0.05, 0) is 44.2 Å². The zero-order valence-corrected chi connectivity index (χ0v) is 19.8. The average Bonchev–Trinajstić information content (AvgIpc) is 3.05. The highest BCUT2D eigenvalue weighted by atomic mass is 32.2. The molecule has 3 N–H and O–H groups in total. The molecule has 0 spiro atoms. The van der Waals surface area contributed by atoms with Crippen LogP contribution in [0.2, 0.25) is 0 Å². The van der Waals surface area contributed by atoms with Crippen molar-refractivity contribution in [1.29, 1.82) is 0 Å². The molecule has 0 aliphatic carbocycles. The van der Waals surface area contributed by atoms with Gasteiger partial charge < -0.3 is 10.2 Å². The molecule has 170 valence electrons. The monoisotopic (exact) mass is 486 g/mol. The molecule has 0 atom stereocenters. The highest BCUT2D eigenvalue weighted by molar-refractivity contribution is 7.89. The van der Waals surface area contributed by atoms with Gasteiger partial charge in [-0.25, -0.2) is 22.0 Å². The average molecular weight is 487 g/mol. The van der Waals surface area contributed by atoms with Gasteiger partial charge >= 0.3 is 0 Å². The number of thiophene rings is 1. The van der Waals surface area contributed by atoms with E-state index in [4.69, 9.17) is 5.14 Å². The molecule has 12 heteroatoms. The van der Waals surface area contributed by atoms with Crippen LogP contribution in [0.3, 0.4) is 0 Å². The lowest BCUT2D eigenvalue weighted by Crippen LogP contribution is -2.49. The summed E-state index contributed by atoms with van der Waals surface area (Å²) in [6, 6.07) is 7.36. The number of carbonyl (C=O) groups is 1. The Balaban J connectivity index is 1.48. The molecule has 1 aromatic carbocycles. The maximum absolute atomic E-state index is 12.9. The Kier molecular flexibility index (Phi) is 7.18. The summed E-state index contributed by atoms with van der Waals surface area (Å²) in [6.07, 6.45) is 0.243. The number of nitrogens with two attached hydrogens (primary N) is 1. The van der Waals surface area contributed by atoms with Crippen molar-refractivity contribution in [2.75, 3.05) is 38.0 Å². The van der Waals surface area contributed by atoms with E-state index in [0.717, 1.165) is 9.75 Å². The van der Waals surface area contributed by atoms with Gasteiger partial charge in [-0.1, -0.05) is 0 Å². The van der Waals surface area contributed by atoms with Crippen molar-refractivity contribution in [2.24, 2.45) is 5.14 Å². The van der Waals surface area contributed by atoms with E-state index in [1.807, 2.05) is 13.8 Å². The normalized spacial score (nSPS) is 16.4. The Bertz CT molecular complexity index is 1150. The molecule has 1 amide bonds. The maximum atomic E-state index is 12.9. The summed E-state index contributed by atoms with van der Waals surface area (Å²) in [5.74, 6) is -0.206. The molecule has 1 saturated heterocycles. The molecular weight excluding hydrogens is 460 g/mol. The van der Waals surface area contributed by atoms with E-state index >= 15 is 0 Å². The molecule has 9 nitrogen and oxygen atoms in total. The fourth-order valence-corrected chi connectivity index (χ4v) is 6.87. The van der Waals surface area contributed by atoms with E-state index < -0.39 is 20.0 Å². The van der Waals surface area contributed by atoms with Crippen molar-refractivity contribution in [3.63, 3.8) is 0 Å². The van der Waals surface area contributed by atoms with E-state index in [9.17, 15) is 21.6 Å². The van der Waals surface area contributed by atoms with Crippen molar-refractivity contribution >= 4 is 43.0 Å². The van der Waals surface area contributed by atoms with Crippen LogP contribution in [-0.2, 0) is 24.8 Å². The second kappa shape index (κ2) is 9.35. The number of anilines is 1. The lowest BCUT2D eigenvalue weighted by atomic mass is 10.3. The van der Waals surface area contributed by atoms with Crippen LogP contribution >= 0.6 is 11.3 Å². The van der Waals surface area contributed by atoms with Crippen LogP contribution in [0.1, 0.15) is 16.2 Å². The minimum absolute atomic E-state index is 0.0221. The molecule has 1 aromatic heterocycles. The Morgan fingerprint density at radius 1 is 1.06 bits per heavy atom. The Hall–Kier alpha value is -1.83. The minimum atomic E-state index is -3.77. The van der Waals surface area contributed by atoms with Gasteiger partial charge in [-0.15, -0.1) is 11.3 Å². The molecule has 1 aliphatic heterocycles. The van der Waals surface area contributed by atoms with Crippen molar-refractivity contribution in [3.05, 3.63) is 40.1 Å². The molecule has 0 radical (unpaired) electrons. The first-order valence-corrected chi connectivity index (χ1v) is 13.5. The lowest BCUT2D eigenvalue weighted by Gasteiger charge is -2.33. The quantitative estimate of drug-likeness (QED) is 0.608. The zero-order chi connectivity index (χ0) is 22.8. The van der Waals surface area contributed by atoms with Gasteiger partial charge in [0.25, 0.3) is 0 Å². The van der Waals surface area contributed by atoms with Crippen LogP contribution in [0.25, 0.3) is 0 Å². The number of hydrogen-bond acceptors (Lipinski definition) is 7. The topological polar surface area (TPSA) is 130 Å². The smallest absolute Gasteiger partial charge is 0.244 e. The van der Waals surface area contributed by atoms with E-state index in [2.05, 4.69) is 10.2 Å². The highest BCUT2D eigenvalue weighted by Crippen LogP contribution is 2.28. The fraction of sp³-hybridized carbons (Fsp3) is 0.421. The molecule has 3 rings (SSSR count). The van der Waals surface area contributed by atoms with Gasteiger partial charge in [-0.3, -0.25) is 4.79 Å². The second-order valence-corrected chi connectivity index (χ2v) is 12.3. The summed E-state index contributed by atoms with van der Waals surface area (Å²) < 4.78 is 49.8. The van der Waals surface area contributed by atoms with Crippen LogP contribution in [0, 0.1) is 13.8 Å². The van der Waals surface area contributed by atoms with Crippen molar-refractivity contribution in [2.45, 2.75) is 30.1 Å². The standard InChI is InChI=1S/C19H26N4O5S3/c1-14-13-18(15(2)29-14)31(27,28)23-11-9-22(10-12-23)8-7-19(24)21-16-3-5-17(6-4-16)30(20,25)26/h3-6,13H,7-12H2,1-2H3,(H,21,24)(H2,20,25,26). The third-order valence-electron chi connectivity index (χ3n) is 5.07. The summed E-state index contributed by atoms with van der Waals surface area (Å²) in [7, 11) is -7.27. The maximum Gasteiger partial charge on any atom is 0.244 e. The number of hydrogen-bond donors (Lipinski definition) is 2. The summed E-state index contributed by atoms with van der Waals surface area (Å²) >= 11 is 1.48. The molecule has 0 bridgehead atoms. The predicted molar refractivity (Wildman–Crippen MR) is 120 cm³/mol. The molecule has 1 aliphatic rings. The van der Waals surface area contributed by atoms with E-state index in [-0.39, 0.29) is 17.2 Å². The summed E-state index contributed by atoms with van der Waals surface area (Å²) in [6.45, 7) is 6.09. The number of amides is 1. The molecular formula is C19H26N4O5S3. The largest absolute Gasteiger partial charge is 0.326 e. The Labute approximate surface area is 187 Å². The highest BCUT2D eigenvalue weighted by Gasteiger charge is 2.30. The van der Waals surface area contributed by atoms with E-state index in [1.54, 1.807) is 6.07 Å². The van der Waals surface area contributed by atoms with Crippen molar-refractivity contribution in [1.82, 2.24) is 9.21 Å². The number of piperazine rings is 1. The van der Waals surface area contributed by atoms with Crippen molar-refractivity contribution < 1.29 is 21.6 Å². The van der Waals surface area contributed by atoms with Crippen LogP contribution in [0.15, 0.2) is 40.1 Å². The number of rotatable bonds is 7. The van der Waals surface area contributed by atoms with Gasteiger partial charge in [0.15, 0.2) is 0 Å². The number of nitrogens with zero attached hydrogens (tertiary/aromatic N) is 2. The Morgan fingerprint density at radius 3 is 2.19 bits per heavy atom. The first-order chi connectivity index (χ1) is 14.5. The summed E-state index contributed by atoms with van der Waals surface area (Å²) in [4.78, 5) is 16.4. The minimum Gasteiger partial charge on any atom is -0.326 e. The van der Waals surface area contributed by atoms with Gasteiger partial charge in [-0.2, -0.15) is 4.31 Å². The number of nitrogens with one attached hydrogen (secondary N) is 1. The van der Waals surface area contributed by atoms with Gasteiger partial charge in [0.1, 0.15) is 0 Å². The van der Waals surface area contributed by atoms with Gasteiger partial charge in [0.05, 0.1) is 9.79 Å². The van der Waals surface area contributed by atoms with Crippen LogP contribution < -0.4 is 10.5 Å². The lowest BCUT2D eigenvalue weighted by molar-refractivity contribution is -0.116. The molecule has 1 fully saturated rings. The van der Waals surface area contributed by atoms with Gasteiger partial charge in [0, 0.05) is 54.6 Å². The predicted octanol–water partition coefficient (Wildman–Crippen LogP) is 1.35. The number of carbonyl (C=O) groups excluding carboxylic acids is 1. The molecule has 0 saturated carbocycles. The van der Waals surface area contributed by atoms with Gasteiger partial charge in [0.2, 0.25) is 26.0 Å². The number of primary sulfonamides is 1. The fourth-order valence-electron chi connectivity index (χ4n) is 3.41. The van der Waals surface area contributed by atoms with Crippen LogP contribution in [0.4, 0.5) is 5.69 Å². The first-order valence-electron chi connectivity index (χ1n) is 9.69. The molecule has 2 aromatic rings. The summed E-state index contributed by atoms with van der Waals surface area (Å²) in [5, 5.41) is 7.77. The molecule has 2 heterocycles. The molecule has 31 heavy (non-hydrogen) atoms.